The maximum absolute atomic E-state index is 12.9. The number of hydrogen-bond acceptors (Lipinski definition) is 8. The second-order valence-corrected chi connectivity index (χ2v) is 9.49. The molecule has 208 valence electrons. The Morgan fingerprint density at radius 3 is 2.48 bits per heavy atom. The summed E-state index contributed by atoms with van der Waals surface area (Å²) in [5.74, 6) is 2.37. The first-order chi connectivity index (χ1) is 19.3. The van der Waals surface area contributed by atoms with Crippen LogP contribution in [0.1, 0.15) is 27.1 Å². The van der Waals surface area contributed by atoms with E-state index in [4.69, 9.17) is 14.2 Å². The van der Waals surface area contributed by atoms with Crippen molar-refractivity contribution in [3.8, 4) is 11.6 Å². The Hall–Kier alpha value is -4.87. The van der Waals surface area contributed by atoms with Gasteiger partial charge in [0.2, 0.25) is 11.4 Å². The fraction of sp³-hybridized carbons (Fsp3) is 0.321. The number of hydrogen-bond donors (Lipinski definition) is 2. The van der Waals surface area contributed by atoms with Crippen molar-refractivity contribution in [2.45, 2.75) is 12.5 Å². The number of carbonyl (C=O) groups is 2. The largest absolute Gasteiger partial charge is 0.490 e. The van der Waals surface area contributed by atoms with Crippen molar-refractivity contribution in [2.75, 3.05) is 44.6 Å². The number of ether oxygens (including phenoxy) is 3. The van der Waals surface area contributed by atoms with Gasteiger partial charge in [0.05, 0.1) is 58.8 Å². The van der Waals surface area contributed by atoms with Crippen LogP contribution in [-0.2, 0) is 18.8 Å². The molecule has 4 aromatic rings. The summed E-state index contributed by atoms with van der Waals surface area (Å²) in [6.45, 7) is 1.41. The van der Waals surface area contributed by atoms with Crippen LogP contribution in [0.3, 0.4) is 0 Å². The topological polar surface area (TPSA) is 114 Å². The average Bonchev–Trinajstić information content (AvgIpc) is 3.65. The van der Waals surface area contributed by atoms with Gasteiger partial charge in [-0.05, 0) is 30.3 Å². The molecule has 1 unspecified atom stereocenters. The molecule has 3 aromatic heterocycles. The number of esters is 1. The fourth-order valence-electron chi connectivity index (χ4n) is 5.02. The summed E-state index contributed by atoms with van der Waals surface area (Å²) >= 11 is 0. The fourth-order valence-corrected chi connectivity index (χ4v) is 5.02. The molecule has 0 saturated carbocycles. The number of methoxy groups -OCH3 is 3. The van der Waals surface area contributed by atoms with Gasteiger partial charge in [-0.3, -0.25) is 9.69 Å². The van der Waals surface area contributed by atoms with Crippen molar-refractivity contribution in [3.63, 3.8) is 0 Å². The number of anilines is 3. The van der Waals surface area contributed by atoms with E-state index in [1.165, 1.54) is 7.11 Å². The highest BCUT2D eigenvalue weighted by molar-refractivity contribution is 5.96. The van der Waals surface area contributed by atoms with E-state index in [1.54, 1.807) is 44.7 Å². The van der Waals surface area contributed by atoms with E-state index in [2.05, 4.69) is 26.6 Å². The van der Waals surface area contributed by atoms with Crippen LogP contribution in [0, 0.1) is 0 Å². The number of aromatic nitrogens is 4. The predicted molar refractivity (Wildman–Crippen MR) is 146 cm³/mol. The molecular weight excluding hydrogens is 514 g/mol. The molecular formula is C28H33N7O5+2. The van der Waals surface area contributed by atoms with Crippen molar-refractivity contribution < 1.29 is 33.0 Å². The summed E-state index contributed by atoms with van der Waals surface area (Å²) < 4.78 is 21.6. The Bertz CT molecular complexity index is 1570. The Kier molecular flexibility index (Phi) is 7.41. The number of benzene rings is 1. The van der Waals surface area contributed by atoms with E-state index < -0.39 is 5.97 Å². The highest BCUT2D eigenvalue weighted by Gasteiger charge is 2.33. The monoisotopic (exact) mass is 547 g/mol. The minimum absolute atomic E-state index is 0.0358. The number of carbonyl (C=O) groups excluding carboxylic acids is 2. The van der Waals surface area contributed by atoms with E-state index in [9.17, 15) is 9.59 Å². The molecule has 2 N–H and O–H groups in total. The van der Waals surface area contributed by atoms with E-state index in [-0.39, 0.29) is 11.9 Å². The maximum Gasteiger partial charge on any atom is 0.337 e. The van der Waals surface area contributed by atoms with Gasteiger partial charge < -0.3 is 19.5 Å². The van der Waals surface area contributed by atoms with Crippen LogP contribution in [0.5, 0.6) is 11.6 Å². The van der Waals surface area contributed by atoms with E-state index >= 15 is 0 Å². The van der Waals surface area contributed by atoms with Crippen LogP contribution in [0.4, 0.5) is 17.3 Å². The first kappa shape index (κ1) is 26.7. The molecule has 1 aromatic carbocycles. The molecule has 40 heavy (non-hydrogen) atoms. The Balaban J connectivity index is 1.36. The van der Waals surface area contributed by atoms with Gasteiger partial charge in [-0.2, -0.15) is 13.8 Å². The molecule has 1 aliphatic heterocycles. The highest BCUT2D eigenvalue weighted by atomic mass is 16.5. The van der Waals surface area contributed by atoms with Crippen LogP contribution in [0.25, 0.3) is 5.65 Å². The summed E-state index contributed by atoms with van der Waals surface area (Å²) in [4.78, 5) is 31.4. The first-order valence-electron chi connectivity index (χ1n) is 12.8. The molecule has 0 bridgehead atoms. The van der Waals surface area contributed by atoms with Gasteiger partial charge in [0.1, 0.15) is 13.6 Å². The standard InChI is InChI=1S/C28H31N7O5/c1-32-23(11-10-22(38-3)27(32)39-4)31-21-16-24(33(2)35-15-13-29-25(21)35)34-14-12-20(17-34)30-26(36)18-6-8-19(9-7-18)28(37)40-5/h6-11,13,15-16,20H,12,14,17H2,1-5H3/p+2. The molecule has 0 spiro atoms. The first-order valence-corrected chi connectivity index (χ1v) is 12.8. The highest BCUT2D eigenvalue weighted by Crippen LogP contribution is 2.28. The molecule has 1 saturated heterocycles. The minimum Gasteiger partial charge on any atom is -0.490 e. The average molecular weight is 548 g/mol. The number of imidazole rings is 1. The summed E-state index contributed by atoms with van der Waals surface area (Å²) in [6.07, 6.45) is 4.46. The quantitative estimate of drug-likeness (QED) is 0.252. The number of nitrogens with one attached hydrogen (secondary N) is 2. The van der Waals surface area contributed by atoms with E-state index in [0.717, 1.165) is 35.9 Å². The van der Waals surface area contributed by atoms with Crippen molar-refractivity contribution in [1.82, 2.24) is 14.8 Å². The Morgan fingerprint density at radius 1 is 1.02 bits per heavy atom. The number of amides is 1. The summed E-state index contributed by atoms with van der Waals surface area (Å²) in [5.41, 5.74) is 2.48. The van der Waals surface area contributed by atoms with Crippen LogP contribution in [-0.4, -0.2) is 61.8 Å². The van der Waals surface area contributed by atoms with Gasteiger partial charge in [-0.25, -0.2) is 15.1 Å². The second-order valence-electron chi connectivity index (χ2n) is 9.49. The van der Waals surface area contributed by atoms with Crippen molar-refractivity contribution in [1.29, 1.82) is 0 Å². The molecule has 1 atom stereocenters. The number of fused-ring (bicyclic) bond motifs is 1. The van der Waals surface area contributed by atoms with Crippen molar-refractivity contribution >= 4 is 34.8 Å². The molecule has 12 nitrogen and oxygen atoms in total. The smallest absolute Gasteiger partial charge is 0.337 e. The number of aryl methyl sites for hydroxylation is 1. The number of rotatable bonds is 8. The van der Waals surface area contributed by atoms with Gasteiger partial charge in [0.25, 0.3) is 17.5 Å². The summed E-state index contributed by atoms with van der Waals surface area (Å²) in [5, 5.41) is 6.63. The molecule has 0 radical (unpaired) electrons. The van der Waals surface area contributed by atoms with Crippen LogP contribution in [0.15, 0.2) is 54.9 Å². The Morgan fingerprint density at radius 2 is 1.77 bits per heavy atom. The molecule has 4 heterocycles. The third-order valence-electron chi connectivity index (χ3n) is 7.15. The van der Waals surface area contributed by atoms with Gasteiger partial charge in [0.15, 0.2) is 5.69 Å². The second kappa shape index (κ2) is 11.1. The zero-order chi connectivity index (χ0) is 28.4. The van der Waals surface area contributed by atoms with Gasteiger partial charge in [0, 0.05) is 24.2 Å². The molecule has 5 rings (SSSR count). The van der Waals surface area contributed by atoms with Crippen LogP contribution < -0.4 is 34.3 Å². The lowest BCUT2D eigenvalue weighted by Crippen LogP contribution is -2.45. The SMILES string of the molecule is COC(=O)c1ccc(C(=O)NC2CCN(c3cc(Nc4ccc(OC)c(OC)[n+]4C)c4nccn4[n+]3C)C2)cc1. The van der Waals surface area contributed by atoms with E-state index in [1.807, 2.05) is 46.2 Å². The van der Waals surface area contributed by atoms with Crippen LogP contribution >= 0.6 is 0 Å². The van der Waals surface area contributed by atoms with Crippen molar-refractivity contribution in [2.24, 2.45) is 14.1 Å². The van der Waals surface area contributed by atoms with Gasteiger partial charge in [-0.1, -0.05) is 0 Å². The molecule has 1 aliphatic rings. The van der Waals surface area contributed by atoms with Gasteiger partial charge >= 0.3 is 11.8 Å². The van der Waals surface area contributed by atoms with E-state index in [0.29, 0.717) is 29.3 Å². The Labute approximate surface area is 231 Å². The minimum atomic E-state index is -0.435. The lowest BCUT2D eigenvalue weighted by molar-refractivity contribution is -0.728. The molecule has 1 amide bonds. The van der Waals surface area contributed by atoms with Crippen molar-refractivity contribution in [3.05, 3.63) is 66.0 Å². The molecule has 1 fully saturated rings. The summed E-state index contributed by atoms with van der Waals surface area (Å²) in [6, 6.07) is 12.3. The zero-order valence-electron chi connectivity index (χ0n) is 23.2. The third kappa shape index (κ3) is 4.95. The lowest BCUT2D eigenvalue weighted by atomic mass is 10.1. The number of pyridine rings is 1. The lowest BCUT2D eigenvalue weighted by Gasteiger charge is -2.16. The third-order valence-corrected chi connectivity index (χ3v) is 7.15. The zero-order valence-corrected chi connectivity index (χ0v) is 23.2. The maximum atomic E-state index is 12.9. The summed E-state index contributed by atoms with van der Waals surface area (Å²) in [7, 11) is 8.42. The molecule has 12 heteroatoms. The predicted octanol–water partition coefficient (Wildman–Crippen LogP) is 1.54. The van der Waals surface area contributed by atoms with Crippen LogP contribution in [0.2, 0.25) is 0 Å². The normalized spacial score (nSPS) is 14.7. The number of nitrogens with zero attached hydrogens (tertiary/aromatic N) is 5. The van der Waals surface area contributed by atoms with Gasteiger partial charge in [-0.15, -0.1) is 0 Å². The molecule has 0 aliphatic carbocycles.